The fourth-order valence-electron chi connectivity index (χ4n) is 13.8. The molecule has 0 radical (unpaired) electrons. The third kappa shape index (κ3) is 6.67. The van der Waals surface area contributed by atoms with E-state index in [9.17, 15) is 9.59 Å². The zero-order valence-corrected chi connectivity index (χ0v) is 34.0. The van der Waals surface area contributed by atoms with Crippen LogP contribution in [0.5, 0.6) is 0 Å². The van der Waals surface area contributed by atoms with Crippen LogP contribution in [0.1, 0.15) is 166 Å². The number of carbonyl (C=O) groups is 2. The summed E-state index contributed by atoms with van der Waals surface area (Å²) in [5.41, 5.74) is 4.47. The Morgan fingerprint density at radius 2 is 1.02 bits per heavy atom. The Bertz CT molecular complexity index is 1450. The maximum atomic E-state index is 13.9. The van der Waals surface area contributed by atoms with Crippen molar-refractivity contribution in [3.05, 3.63) is 58.7 Å². The van der Waals surface area contributed by atoms with E-state index in [2.05, 4.69) is 67.5 Å². The van der Waals surface area contributed by atoms with Crippen molar-refractivity contribution in [3.63, 3.8) is 0 Å². The van der Waals surface area contributed by atoms with Crippen LogP contribution in [-0.2, 0) is 9.47 Å². The van der Waals surface area contributed by atoms with Crippen molar-refractivity contribution in [3.8, 4) is 0 Å². The Kier molecular flexibility index (Phi) is 10.5. The molecule has 0 saturated heterocycles. The zero-order valence-electron chi connectivity index (χ0n) is 34.0. The van der Waals surface area contributed by atoms with Gasteiger partial charge in [0.05, 0.1) is 24.3 Å². The molecule has 0 amide bonds. The molecule has 7 rings (SSSR count). The fourth-order valence-corrected chi connectivity index (χ4v) is 13.8. The summed E-state index contributed by atoms with van der Waals surface area (Å²) >= 11 is 0. The van der Waals surface area contributed by atoms with Gasteiger partial charge < -0.3 is 9.47 Å². The fraction of sp³-hybridized carbons (Fsp3) is 0.750. The summed E-state index contributed by atoms with van der Waals surface area (Å²) in [5.74, 6) is 4.42. The van der Waals surface area contributed by atoms with Gasteiger partial charge in [0, 0.05) is 10.8 Å². The van der Waals surface area contributed by atoms with E-state index in [1.165, 1.54) is 77.0 Å². The first-order chi connectivity index (χ1) is 24.7. The molecule has 1 aromatic rings. The molecule has 4 heteroatoms. The van der Waals surface area contributed by atoms with Crippen molar-refractivity contribution >= 4 is 11.9 Å². The molecule has 0 spiro atoms. The van der Waals surface area contributed by atoms with Gasteiger partial charge in [-0.05, 0) is 147 Å². The van der Waals surface area contributed by atoms with Crippen LogP contribution >= 0.6 is 0 Å². The molecule has 10 unspecified atom stereocenters. The molecule has 1 aromatic carbocycles. The van der Waals surface area contributed by atoms with Crippen molar-refractivity contribution in [1.82, 2.24) is 0 Å². The Morgan fingerprint density at radius 3 is 1.40 bits per heavy atom. The van der Waals surface area contributed by atoms with Crippen LogP contribution in [0, 0.1) is 69.0 Å². The van der Waals surface area contributed by atoms with Gasteiger partial charge >= 0.3 is 11.9 Å². The summed E-state index contributed by atoms with van der Waals surface area (Å²) < 4.78 is 12.5. The molecule has 0 aromatic heterocycles. The SMILES string of the molecule is CC(C)C1C=C2CCC3C(C)(COC(=O)c4ccccc4C(=O)OCC4(C)CCCC5(C)C6CCC(C(C)C)C=C6CCC45)CCCC3(C)C2CC1. The van der Waals surface area contributed by atoms with Crippen LogP contribution in [0.25, 0.3) is 0 Å². The first-order valence-electron chi connectivity index (χ1n) is 21.5. The first-order valence-corrected chi connectivity index (χ1v) is 21.5. The molecule has 52 heavy (non-hydrogen) atoms. The van der Waals surface area contributed by atoms with E-state index in [4.69, 9.17) is 9.47 Å². The van der Waals surface area contributed by atoms with Crippen LogP contribution in [0.4, 0.5) is 0 Å². The predicted molar refractivity (Wildman–Crippen MR) is 211 cm³/mol. The molecule has 4 saturated carbocycles. The number of fused-ring (bicyclic) bond motifs is 6. The third-order valence-electron chi connectivity index (χ3n) is 16.7. The van der Waals surface area contributed by atoms with Crippen molar-refractivity contribution < 1.29 is 19.1 Å². The van der Waals surface area contributed by atoms with E-state index in [1.54, 1.807) is 23.3 Å². The Hall–Kier alpha value is -2.36. The van der Waals surface area contributed by atoms with Gasteiger partial charge in [-0.15, -0.1) is 0 Å². The summed E-state index contributed by atoms with van der Waals surface area (Å²) in [7, 11) is 0. The smallest absolute Gasteiger partial charge is 0.339 e. The maximum Gasteiger partial charge on any atom is 0.339 e. The quantitative estimate of drug-likeness (QED) is 0.199. The van der Waals surface area contributed by atoms with E-state index in [1.807, 2.05) is 12.1 Å². The van der Waals surface area contributed by atoms with Crippen LogP contribution in [0.3, 0.4) is 0 Å². The van der Waals surface area contributed by atoms with Gasteiger partial charge in [0.25, 0.3) is 0 Å². The number of carbonyl (C=O) groups excluding carboxylic acids is 2. The van der Waals surface area contributed by atoms with Crippen LogP contribution in [0.15, 0.2) is 47.6 Å². The largest absolute Gasteiger partial charge is 0.461 e. The number of hydrogen-bond donors (Lipinski definition) is 0. The number of hydrogen-bond acceptors (Lipinski definition) is 4. The molecule has 0 N–H and O–H groups in total. The van der Waals surface area contributed by atoms with E-state index in [-0.39, 0.29) is 21.7 Å². The lowest BCUT2D eigenvalue weighted by Crippen LogP contribution is -2.53. The normalized spacial score (nSPS) is 40.0. The lowest BCUT2D eigenvalue weighted by atomic mass is 9.45. The second-order valence-electron chi connectivity index (χ2n) is 20.5. The van der Waals surface area contributed by atoms with Crippen LogP contribution < -0.4 is 0 Å². The molecule has 0 bridgehead atoms. The number of esters is 2. The number of allylic oxidation sites excluding steroid dienone is 4. The van der Waals surface area contributed by atoms with Gasteiger partial charge in [-0.2, -0.15) is 0 Å². The molecule has 6 aliphatic carbocycles. The van der Waals surface area contributed by atoms with E-state index >= 15 is 0 Å². The minimum absolute atomic E-state index is 0.0656. The van der Waals surface area contributed by atoms with Crippen molar-refractivity contribution in [2.75, 3.05) is 13.2 Å². The first kappa shape index (κ1) is 37.9. The summed E-state index contributed by atoms with van der Waals surface area (Å²) in [6.45, 7) is 20.1. The van der Waals surface area contributed by atoms with E-state index in [0.717, 1.165) is 12.8 Å². The van der Waals surface area contributed by atoms with Gasteiger partial charge in [0.1, 0.15) is 0 Å². The van der Waals surface area contributed by atoms with Gasteiger partial charge in [-0.25, -0.2) is 9.59 Å². The van der Waals surface area contributed by atoms with Gasteiger partial charge in [0.15, 0.2) is 0 Å². The maximum absolute atomic E-state index is 13.9. The predicted octanol–water partition coefficient (Wildman–Crippen LogP) is 12.4. The molecular weight excluding hydrogens is 641 g/mol. The topological polar surface area (TPSA) is 52.6 Å². The van der Waals surface area contributed by atoms with Crippen molar-refractivity contribution in [2.45, 2.75) is 145 Å². The standard InChI is InChI=1S/C48H70O4/c1-31(2)33-15-19-39-35(27-33)17-21-41-45(5,23-11-25-47(39,41)7)29-51-43(49)37-13-9-10-14-38(37)44(50)52-30-46(6)24-12-26-48(8)40-20-16-34(32(3)4)28-36(40)18-22-42(46)48/h9-10,13-14,27-28,31-34,39-42H,11-12,15-26,29-30H2,1-8H3. The Balaban J connectivity index is 1.01. The van der Waals surface area contributed by atoms with E-state index < -0.39 is 11.9 Å². The number of benzene rings is 1. The summed E-state index contributed by atoms with van der Waals surface area (Å²) in [4.78, 5) is 27.8. The minimum atomic E-state index is -0.394. The van der Waals surface area contributed by atoms with Crippen molar-refractivity contribution in [2.24, 2.45) is 69.0 Å². The summed E-state index contributed by atoms with van der Waals surface area (Å²) in [6, 6.07) is 7.17. The molecular formula is C48H70O4. The van der Waals surface area contributed by atoms with Gasteiger partial charge in [-0.3, -0.25) is 0 Å². The average molecular weight is 711 g/mol. The van der Waals surface area contributed by atoms with Crippen molar-refractivity contribution in [1.29, 1.82) is 0 Å². The lowest BCUT2D eigenvalue weighted by molar-refractivity contribution is -0.0931. The second kappa shape index (κ2) is 14.4. The molecule has 4 fully saturated rings. The van der Waals surface area contributed by atoms with Crippen LogP contribution in [0.2, 0.25) is 0 Å². The summed E-state index contributed by atoms with van der Waals surface area (Å²) in [5, 5.41) is 0. The van der Waals surface area contributed by atoms with Gasteiger partial charge in [0.2, 0.25) is 0 Å². The zero-order chi connectivity index (χ0) is 37.1. The molecule has 6 aliphatic rings. The minimum Gasteiger partial charge on any atom is -0.461 e. The molecule has 0 aliphatic heterocycles. The number of rotatable bonds is 8. The Labute approximate surface area is 316 Å². The highest BCUT2D eigenvalue weighted by atomic mass is 16.5. The molecule has 0 heterocycles. The van der Waals surface area contributed by atoms with Crippen LogP contribution in [-0.4, -0.2) is 25.2 Å². The van der Waals surface area contributed by atoms with Gasteiger partial charge in [-0.1, -0.05) is 104 Å². The highest BCUT2D eigenvalue weighted by Gasteiger charge is 2.57. The second-order valence-corrected chi connectivity index (χ2v) is 20.5. The van der Waals surface area contributed by atoms with E-state index in [0.29, 0.717) is 71.7 Å². The highest BCUT2D eigenvalue weighted by molar-refractivity contribution is 6.03. The lowest BCUT2D eigenvalue weighted by Gasteiger charge is -2.59. The summed E-state index contributed by atoms with van der Waals surface area (Å²) in [6.07, 6.45) is 22.2. The average Bonchev–Trinajstić information content (AvgIpc) is 3.12. The Morgan fingerprint density at radius 1 is 0.615 bits per heavy atom. The third-order valence-corrected chi connectivity index (χ3v) is 16.7. The highest BCUT2D eigenvalue weighted by Crippen LogP contribution is 2.65. The number of ether oxygens (including phenoxy) is 2. The molecule has 4 nitrogen and oxygen atoms in total. The molecule has 10 atom stereocenters. The monoisotopic (exact) mass is 711 g/mol. The molecule has 286 valence electrons.